The molecule has 0 aromatic carbocycles. The maximum absolute atomic E-state index is 12.5. The third-order valence-corrected chi connectivity index (χ3v) is 3.47. The number of likely N-dealkylation sites (tertiary alicyclic amines) is 1. The molecule has 1 N–H and O–H groups in total. The number of hydrogen-bond acceptors (Lipinski definition) is 3. The van der Waals surface area contributed by atoms with Crippen molar-refractivity contribution in [2.75, 3.05) is 11.9 Å². The standard InChI is InChI=1S/C15H23N3O/c1-11(2)16-14-9-6-8-13(17-14)15(19)18-10-5-4-7-12(18)3/h6,8-9,11-12H,4-5,7,10H2,1-3H3,(H,16,17). The molecule has 2 heterocycles. The molecule has 4 nitrogen and oxygen atoms in total. The molecule has 1 aromatic heterocycles. The van der Waals surface area contributed by atoms with Crippen molar-refractivity contribution < 1.29 is 4.79 Å². The molecule has 4 heteroatoms. The molecule has 0 bridgehead atoms. The third-order valence-electron chi connectivity index (χ3n) is 3.47. The van der Waals surface area contributed by atoms with Gasteiger partial charge in [0.25, 0.3) is 5.91 Å². The van der Waals surface area contributed by atoms with Crippen LogP contribution >= 0.6 is 0 Å². The zero-order valence-electron chi connectivity index (χ0n) is 12.0. The number of hydrogen-bond donors (Lipinski definition) is 1. The molecule has 1 aliphatic heterocycles. The predicted molar refractivity (Wildman–Crippen MR) is 77.3 cm³/mol. The van der Waals surface area contributed by atoms with Crippen LogP contribution in [0.15, 0.2) is 18.2 Å². The van der Waals surface area contributed by atoms with E-state index in [4.69, 9.17) is 0 Å². The maximum atomic E-state index is 12.5. The van der Waals surface area contributed by atoms with Crippen LogP contribution in [0.1, 0.15) is 50.5 Å². The van der Waals surface area contributed by atoms with E-state index in [1.54, 1.807) is 6.07 Å². The lowest BCUT2D eigenvalue weighted by Gasteiger charge is -2.33. The lowest BCUT2D eigenvalue weighted by Crippen LogP contribution is -2.42. The molecule has 0 saturated carbocycles. The summed E-state index contributed by atoms with van der Waals surface area (Å²) in [5.74, 6) is 0.824. The molecule has 1 amide bonds. The van der Waals surface area contributed by atoms with Crippen molar-refractivity contribution in [3.8, 4) is 0 Å². The Morgan fingerprint density at radius 1 is 1.42 bits per heavy atom. The van der Waals surface area contributed by atoms with Crippen LogP contribution in [0.25, 0.3) is 0 Å². The minimum absolute atomic E-state index is 0.0552. The molecule has 2 rings (SSSR count). The summed E-state index contributed by atoms with van der Waals surface area (Å²) in [6, 6.07) is 6.22. The van der Waals surface area contributed by atoms with Crippen LogP contribution in [-0.2, 0) is 0 Å². The van der Waals surface area contributed by atoms with Crippen LogP contribution in [0.2, 0.25) is 0 Å². The first kappa shape index (κ1) is 13.8. The fourth-order valence-corrected chi connectivity index (χ4v) is 2.48. The lowest BCUT2D eigenvalue weighted by molar-refractivity contribution is 0.0629. The number of anilines is 1. The highest BCUT2D eigenvalue weighted by Gasteiger charge is 2.25. The van der Waals surface area contributed by atoms with Crippen molar-refractivity contribution in [3.05, 3.63) is 23.9 Å². The number of rotatable bonds is 3. The number of aromatic nitrogens is 1. The van der Waals surface area contributed by atoms with Gasteiger partial charge in [-0.25, -0.2) is 4.98 Å². The van der Waals surface area contributed by atoms with Gasteiger partial charge in [0.1, 0.15) is 11.5 Å². The van der Waals surface area contributed by atoms with Crippen molar-refractivity contribution in [2.24, 2.45) is 0 Å². The fraction of sp³-hybridized carbons (Fsp3) is 0.600. The van der Waals surface area contributed by atoms with Crippen LogP contribution < -0.4 is 5.32 Å². The molecule has 1 aromatic rings. The molecular formula is C15H23N3O. The highest BCUT2D eigenvalue weighted by Crippen LogP contribution is 2.19. The van der Waals surface area contributed by atoms with Gasteiger partial charge in [-0.05, 0) is 52.2 Å². The smallest absolute Gasteiger partial charge is 0.272 e. The Kier molecular flexibility index (Phi) is 4.40. The number of amides is 1. The molecule has 1 unspecified atom stereocenters. The summed E-state index contributed by atoms with van der Waals surface area (Å²) in [7, 11) is 0. The van der Waals surface area contributed by atoms with E-state index < -0.39 is 0 Å². The minimum Gasteiger partial charge on any atom is -0.368 e. The number of carbonyl (C=O) groups is 1. The van der Waals surface area contributed by atoms with Gasteiger partial charge in [-0.1, -0.05) is 6.07 Å². The van der Waals surface area contributed by atoms with Crippen LogP contribution in [0.3, 0.4) is 0 Å². The fourth-order valence-electron chi connectivity index (χ4n) is 2.48. The van der Waals surface area contributed by atoms with Crippen LogP contribution in [0.5, 0.6) is 0 Å². The van der Waals surface area contributed by atoms with Gasteiger partial charge < -0.3 is 10.2 Å². The second kappa shape index (κ2) is 6.04. The Morgan fingerprint density at radius 3 is 2.89 bits per heavy atom. The normalized spacial score (nSPS) is 19.6. The second-order valence-corrected chi connectivity index (χ2v) is 5.55. The molecule has 1 saturated heterocycles. The number of carbonyl (C=O) groups excluding carboxylic acids is 1. The van der Waals surface area contributed by atoms with Gasteiger partial charge in [0.2, 0.25) is 0 Å². The molecule has 1 fully saturated rings. The molecular weight excluding hydrogens is 238 g/mol. The van der Waals surface area contributed by atoms with Crippen LogP contribution in [0.4, 0.5) is 5.82 Å². The van der Waals surface area contributed by atoms with E-state index in [0.717, 1.165) is 25.2 Å². The topological polar surface area (TPSA) is 45.2 Å². The van der Waals surface area contributed by atoms with E-state index in [1.165, 1.54) is 6.42 Å². The predicted octanol–water partition coefficient (Wildman–Crippen LogP) is 2.92. The van der Waals surface area contributed by atoms with E-state index in [0.29, 0.717) is 17.8 Å². The van der Waals surface area contributed by atoms with Crippen molar-refractivity contribution in [1.29, 1.82) is 0 Å². The summed E-state index contributed by atoms with van der Waals surface area (Å²) in [6.07, 6.45) is 3.41. The van der Waals surface area contributed by atoms with E-state index in [-0.39, 0.29) is 5.91 Å². The molecule has 19 heavy (non-hydrogen) atoms. The van der Waals surface area contributed by atoms with Gasteiger partial charge in [0.15, 0.2) is 0 Å². The van der Waals surface area contributed by atoms with Crippen LogP contribution in [-0.4, -0.2) is 34.4 Å². The molecule has 0 aliphatic carbocycles. The summed E-state index contributed by atoms with van der Waals surface area (Å²) < 4.78 is 0. The third kappa shape index (κ3) is 3.46. The number of piperidine rings is 1. The number of nitrogens with zero attached hydrogens (tertiary/aromatic N) is 2. The van der Waals surface area contributed by atoms with E-state index in [1.807, 2.05) is 17.0 Å². The Morgan fingerprint density at radius 2 is 2.21 bits per heavy atom. The first-order valence-corrected chi connectivity index (χ1v) is 7.12. The summed E-state index contributed by atoms with van der Waals surface area (Å²) >= 11 is 0. The molecule has 1 aliphatic rings. The molecule has 104 valence electrons. The second-order valence-electron chi connectivity index (χ2n) is 5.55. The lowest BCUT2D eigenvalue weighted by atomic mass is 10.0. The molecule has 0 spiro atoms. The van der Waals surface area contributed by atoms with Gasteiger partial charge in [0.05, 0.1) is 0 Å². The maximum Gasteiger partial charge on any atom is 0.272 e. The van der Waals surface area contributed by atoms with Gasteiger partial charge >= 0.3 is 0 Å². The summed E-state index contributed by atoms with van der Waals surface area (Å²) in [5, 5.41) is 3.23. The Bertz CT molecular complexity index is 445. The quantitative estimate of drug-likeness (QED) is 0.910. The highest BCUT2D eigenvalue weighted by atomic mass is 16.2. The average molecular weight is 261 g/mol. The monoisotopic (exact) mass is 261 g/mol. The van der Waals surface area contributed by atoms with E-state index >= 15 is 0 Å². The van der Waals surface area contributed by atoms with Gasteiger partial charge in [-0.2, -0.15) is 0 Å². The largest absolute Gasteiger partial charge is 0.368 e. The van der Waals surface area contributed by atoms with E-state index in [9.17, 15) is 4.79 Å². The van der Waals surface area contributed by atoms with E-state index in [2.05, 4.69) is 31.1 Å². The Hall–Kier alpha value is -1.58. The van der Waals surface area contributed by atoms with Crippen LogP contribution in [0, 0.1) is 0 Å². The van der Waals surface area contributed by atoms with Gasteiger partial charge in [-0.3, -0.25) is 4.79 Å². The van der Waals surface area contributed by atoms with Crippen molar-refractivity contribution in [1.82, 2.24) is 9.88 Å². The summed E-state index contributed by atoms with van der Waals surface area (Å²) in [4.78, 5) is 18.9. The van der Waals surface area contributed by atoms with Crippen molar-refractivity contribution in [3.63, 3.8) is 0 Å². The van der Waals surface area contributed by atoms with Gasteiger partial charge in [-0.15, -0.1) is 0 Å². The first-order valence-electron chi connectivity index (χ1n) is 7.12. The minimum atomic E-state index is 0.0552. The van der Waals surface area contributed by atoms with Crippen molar-refractivity contribution in [2.45, 2.75) is 52.1 Å². The van der Waals surface area contributed by atoms with Gasteiger partial charge in [0, 0.05) is 18.6 Å². The Balaban J connectivity index is 2.14. The average Bonchev–Trinajstić information content (AvgIpc) is 2.38. The summed E-state index contributed by atoms with van der Waals surface area (Å²) in [6.45, 7) is 7.09. The molecule has 0 radical (unpaired) electrons. The first-order chi connectivity index (χ1) is 9.08. The highest BCUT2D eigenvalue weighted by molar-refractivity contribution is 5.93. The summed E-state index contributed by atoms with van der Waals surface area (Å²) in [5.41, 5.74) is 0.541. The SMILES string of the molecule is CC(C)Nc1cccc(C(=O)N2CCCCC2C)n1. The number of nitrogens with one attached hydrogen (secondary N) is 1. The Labute approximate surface area is 115 Å². The molecule has 1 atom stereocenters. The zero-order chi connectivity index (χ0) is 13.8. The zero-order valence-corrected chi connectivity index (χ0v) is 12.0. The number of pyridine rings is 1. The van der Waals surface area contributed by atoms with Crippen molar-refractivity contribution >= 4 is 11.7 Å².